The van der Waals surface area contributed by atoms with Crippen LogP contribution in [0, 0.1) is 0 Å². The lowest BCUT2D eigenvalue weighted by Gasteiger charge is -2.34. The van der Waals surface area contributed by atoms with Crippen LogP contribution < -0.4 is 10.5 Å². The van der Waals surface area contributed by atoms with Gasteiger partial charge in [-0.1, -0.05) is 17.7 Å². The molecule has 2 heterocycles. The van der Waals surface area contributed by atoms with Crippen molar-refractivity contribution in [2.24, 2.45) is 10.7 Å². The minimum atomic E-state index is -3.94. The van der Waals surface area contributed by atoms with E-state index in [2.05, 4.69) is 14.7 Å². The first-order chi connectivity index (χ1) is 12.6. The van der Waals surface area contributed by atoms with Crippen molar-refractivity contribution >= 4 is 27.5 Å². The molecule has 3 N–H and O–H groups in total. The highest BCUT2D eigenvalue weighted by Crippen LogP contribution is 2.38. The van der Waals surface area contributed by atoms with E-state index in [0.29, 0.717) is 29.3 Å². The number of nitrogens with zero attached hydrogens (tertiary/aromatic N) is 2. The van der Waals surface area contributed by atoms with E-state index in [-0.39, 0.29) is 9.92 Å². The Kier molecular flexibility index (Phi) is 4.21. The highest BCUT2D eigenvalue weighted by molar-refractivity contribution is 7.89. The Labute approximate surface area is 159 Å². The summed E-state index contributed by atoms with van der Waals surface area (Å²) in [6, 6.07) is 7.01. The first kappa shape index (κ1) is 18.3. The molecule has 0 saturated heterocycles. The summed E-state index contributed by atoms with van der Waals surface area (Å²) >= 11 is 6.27. The third-order valence-corrected chi connectivity index (χ3v) is 6.41. The zero-order valence-electron chi connectivity index (χ0n) is 13.9. The van der Waals surface area contributed by atoms with Gasteiger partial charge in [0.1, 0.15) is 11.5 Å². The van der Waals surface area contributed by atoms with Gasteiger partial charge in [0.2, 0.25) is 10.0 Å². The fourth-order valence-corrected chi connectivity index (χ4v) is 4.74. The lowest BCUT2D eigenvalue weighted by Crippen LogP contribution is -2.50. The molecule has 0 atom stereocenters. The summed E-state index contributed by atoms with van der Waals surface area (Å²) in [7, 11) is -3.94. The molecule has 0 spiro atoms. The normalized spacial score (nSPS) is 18.7. The van der Waals surface area contributed by atoms with Gasteiger partial charge in [-0.05, 0) is 24.3 Å². The predicted octanol–water partition coefficient (Wildman–Crippen LogP) is 2.70. The maximum Gasteiger partial charge on any atom is 0.251 e. The average Bonchev–Trinajstić information content (AvgIpc) is 2.93. The number of rotatable bonds is 4. The molecule has 1 fully saturated rings. The van der Waals surface area contributed by atoms with Crippen LogP contribution in [0.2, 0.25) is 5.02 Å². The fourth-order valence-electron chi connectivity index (χ4n) is 3.14. The molecular formula is C17H15ClF2N4O2S. The molecule has 1 saturated carbocycles. The number of sulfonamides is 1. The Bertz CT molecular complexity index is 1060. The van der Waals surface area contributed by atoms with E-state index in [0.717, 1.165) is 5.56 Å². The van der Waals surface area contributed by atoms with Crippen LogP contribution in [0.25, 0.3) is 11.3 Å². The molecule has 0 radical (unpaired) electrons. The average molecular weight is 413 g/mol. The van der Waals surface area contributed by atoms with E-state index >= 15 is 0 Å². The molecule has 6 nitrogen and oxygen atoms in total. The van der Waals surface area contributed by atoms with Crippen molar-refractivity contribution in [1.29, 1.82) is 0 Å². The van der Waals surface area contributed by atoms with Crippen LogP contribution in [0.15, 0.2) is 40.2 Å². The molecule has 27 heavy (non-hydrogen) atoms. The summed E-state index contributed by atoms with van der Waals surface area (Å²) in [6.07, 6.45) is -1.000. The van der Waals surface area contributed by atoms with Gasteiger partial charge >= 0.3 is 0 Å². The minimum Gasteiger partial charge on any atom is -0.382 e. The molecule has 4 rings (SSSR count). The molecule has 1 aliphatic carbocycles. The number of amidine groups is 1. The predicted molar refractivity (Wildman–Crippen MR) is 97.4 cm³/mol. The monoisotopic (exact) mass is 412 g/mol. The van der Waals surface area contributed by atoms with E-state index < -0.39 is 34.8 Å². The molecule has 0 bridgehead atoms. The number of benzene rings is 1. The van der Waals surface area contributed by atoms with Crippen LogP contribution in [0.5, 0.6) is 0 Å². The molecule has 2 aliphatic rings. The Balaban J connectivity index is 1.60. The van der Waals surface area contributed by atoms with Gasteiger partial charge in [0.25, 0.3) is 5.92 Å². The van der Waals surface area contributed by atoms with Crippen molar-refractivity contribution in [2.75, 3.05) is 0 Å². The molecule has 2 aromatic rings. The van der Waals surface area contributed by atoms with Gasteiger partial charge < -0.3 is 5.73 Å². The summed E-state index contributed by atoms with van der Waals surface area (Å²) in [6.45, 7) is 0.477. The zero-order valence-corrected chi connectivity index (χ0v) is 15.5. The molecule has 0 amide bonds. The second-order valence-electron chi connectivity index (χ2n) is 6.63. The zero-order chi connectivity index (χ0) is 19.4. The second kappa shape index (κ2) is 6.22. The maximum absolute atomic E-state index is 12.9. The summed E-state index contributed by atoms with van der Waals surface area (Å²) in [5, 5.41) is 0.178. The van der Waals surface area contributed by atoms with Crippen LogP contribution >= 0.6 is 11.6 Å². The van der Waals surface area contributed by atoms with Gasteiger partial charge in [-0.25, -0.2) is 26.9 Å². The maximum atomic E-state index is 12.9. The van der Waals surface area contributed by atoms with Crippen LogP contribution in [0.3, 0.4) is 0 Å². The van der Waals surface area contributed by atoms with Gasteiger partial charge in [-0.3, -0.25) is 4.99 Å². The Morgan fingerprint density at radius 1 is 1.22 bits per heavy atom. The van der Waals surface area contributed by atoms with E-state index in [4.69, 9.17) is 17.3 Å². The van der Waals surface area contributed by atoms with Gasteiger partial charge in [0.15, 0.2) is 0 Å². The summed E-state index contributed by atoms with van der Waals surface area (Å²) < 4.78 is 52.9. The van der Waals surface area contributed by atoms with Crippen molar-refractivity contribution in [3.8, 4) is 11.3 Å². The van der Waals surface area contributed by atoms with E-state index in [1.165, 1.54) is 18.2 Å². The first-order valence-electron chi connectivity index (χ1n) is 8.15. The van der Waals surface area contributed by atoms with Crippen molar-refractivity contribution in [3.63, 3.8) is 0 Å². The Hall–Kier alpha value is -2.10. The largest absolute Gasteiger partial charge is 0.382 e. The number of pyridine rings is 1. The topological polar surface area (TPSA) is 97.4 Å². The molecule has 0 unspecified atom stereocenters. The quantitative estimate of drug-likeness (QED) is 0.806. The van der Waals surface area contributed by atoms with E-state index in [1.807, 2.05) is 6.07 Å². The van der Waals surface area contributed by atoms with Gasteiger partial charge in [0, 0.05) is 30.0 Å². The summed E-state index contributed by atoms with van der Waals surface area (Å²) in [5.41, 5.74) is 8.38. The Morgan fingerprint density at radius 3 is 2.63 bits per heavy atom. The molecule has 1 aliphatic heterocycles. The fraction of sp³-hybridized carbons (Fsp3) is 0.294. The number of hydrogen-bond acceptors (Lipinski definition) is 5. The number of nitrogens with two attached hydrogens (primary N) is 1. The third kappa shape index (κ3) is 3.42. The highest BCUT2D eigenvalue weighted by atomic mass is 35.5. The number of hydrogen-bond donors (Lipinski definition) is 2. The number of alkyl halides is 2. The lowest BCUT2D eigenvalue weighted by molar-refractivity contribution is -0.0876. The smallest absolute Gasteiger partial charge is 0.251 e. The summed E-state index contributed by atoms with van der Waals surface area (Å²) in [4.78, 5) is 8.48. The van der Waals surface area contributed by atoms with Crippen LogP contribution in [-0.2, 0) is 16.6 Å². The van der Waals surface area contributed by atoms with Crippen molar-refractivity contribution < 1.29 is 17.2 Å². The van der Waals surface area contributed by atoms with Crippen LogP contribution in [-0.4, -0.2) is 31.2 Å². The van der Waals surface area contributed by atoms with Crippen molar-refractivity contribution in [1.82, 2.24) is 9.71 Å². The minimum absolute atomic E-state index is 0.0892. The third-order valence-electron chi connectivity index (χ3n) is 4.58. The number of aliphatic imine (C=N–C) groups is 1. The molecule has 1 aromatic carbocycles. The van der Waals surface area contributed by atoms with E-state index in [9.17, 15) is 17.2 Å². The molecule has 10 heteroatoms. The first-order valence-corrected chi connectivity index (χ1v) is 10.0. The van der Waals surface area contributed by atoms with Crippen molar-refractivity contribution in [3.05, 3.63) is 46.6 Å². The summed E-state index contributed by atoms with van der Waals surface area (Å²) in [5.74, 6) is -2.46. The number of fused-ring (bicyclic) bond motifs is 1. The SMILES string of the molecule is NC1=NCc2ccc(-c3ccc(S(=O)(=O)NC4CC(F)(F)C4)cc3Cl)nc21. The van der Waals surface area contributed by atoms with Gasteiger partial charge in [-0.15, -0.1) is 0 Å². The van der Waals surface area contributed by atoms with Crippen LogP contribution in [0.4, 0.5) is 8.78 Å². The van der Waals surface area contributed by atoms with Gasteiger partial charge in [0.05, 0.1) is 22.2 Å². The second-order valence-corrected chi connectivity index (χ2v) is 8.75. The van der Waals surface area contributed by atoms with Crippen molar-refractivity contribution in [2.45, 2.75) is 36.2 Å². The van der Waals surface area contributed by atoms with Crippen LogP contribution in [0.1, 0.15) is 24.1 Å². The number of halogens is 3. The van der Waals surface area contributed by atoms with Gasteiger partial charge in [-0.2, -0.15) is 0 Å². The number of aromatic nitrogens is 1. The lowest BCUT2D eigenvalue weighted by atomic mass is 9.89. The van der Waals surface area contributed by atoms with E-state index in [1.54, 1.807) is 6.07 Å². The molecule has 142 valence electrons. The highest BCUT2D eigenvalue weighted by Gasteiger charge is 2.46. The molecule has 1 aromatic heterocycles. The Morgan fingerprint density at radius 2 is 1.96 bits per heavy atom. The standard InChI is InChI=1S/C17H15ClF2N4O2S/c18-13-5-11(27(25,26)24-10-6-17(19,20)7-10)2-3-12(13)14-4-1-9-8-22-16(21)15(9)23-14/h1-5,10,24H,6-8H2,(H2,21,22). The molecular weight excluding hydrogens is 398 g/mol. The number of nitrogens with one attached hydrogen (secondary N) is 1.